The van der Waals surface area contributed by atoms with Gasteiger partial charge < -0.3 is 5.32 Å². The lowest BCUT2D eigenvalue weighted by atomic mass is 9.79. The van der Waals surface area contributed by atoms with E-state index in [1.54, 1.807) is 16.7 Å². The summed E-state index contributed by atoms with van der Waals surface area (Å²) in [5, 5.41) is 3.51. The highest BCUT2D eigenvalue weighted by molar-refractivity contribution is 5.50. The first-order chi connectivity index (χ1) is 8.77. The molecule has 0 spiro atoms. The van der Waals surface area contributed by atoms with Crippen molar-refractivity contribution in [2.75, 3.05) is 7.05 Å². The maximum absolute atomic E-state index is 3.51. The third kappa shape index (κ3) is 2.45. The van der Waals surface area contributed by atoms with Gasteiger partial charge in [0.25, 0.3) is 0 Å². The molecule has 0 bridgehead atoms. The van der Waals surface area contributed by atoms with Crippen LogP contribution in [0.25, 0.3) is 0 Å². The molecule has 0 radical (unpaired) electrons. The summed E-state index contributed by atoms with van der Waals surface area (Å²) in [4.78, 5) is 0. The van der Waals surface area contributed by atoms with E-state index in [0.717, 1.165) is 0 Å². The van der Waals surface area contributed by atoms with E-state index in [-0.39, 0.29) is 5.41 Å². The SMILES string of the molecule is CNC1CC(C)(C)c2c(C(C)C)cc(C(C)C)cc21. The van der Waals surface area contributed by atoms with Crippen molar-refractivity contribution >= 4 is 0 Å². The van der Waals surface area contributed by atoms with Gasteiger partial charge in [-0.3, -0.25) is 0 Å². The molecule has 1 aliphatic rings. The third-order valence-corrected chi connectivity index (χ3v) is 4.63. The van der Waals surface area contributed by atoms with Gasteiger partial charge in [0.05, 0.1) is 0 Å². The molecule has 1 atom stereocenters. The number of nitrogens with one attached hydrogen (secondary N) is 1. The van der Waals surface area contributed by atoms with Crippen LogP contribution in [0.2, 0.25) is 0 Å². The van der Waals surface area contributed by atoms with E-state index in [1.807, 2.05) is 0 Å². The number of fused-ring (bicyclic) bond motifs is 1. The maximum atomic E-state index is 3.51. The van der Waals surface area contributed by atoms with Gasteiger partial charge in [-0.05, 0) is 53.0 Å². The van der Waals surface area contributed by atoms with Crippen LogP contribution in [-0.2, 0) is 5.41 Å². The molecule has 0 saturated carbocycles. The molecule has 19 heavy (non-hydrogen) atoms. The number of hydrogen-bond acceptors (Lipinski definition) is 1. The second kappa shape index (κ2) is 4.94. The highest BCUT2D eigenvalue weighted by atomic mass is 14.9. The quantitative estimate of drug-likeness (QED) is 0.816. The second-order valence-electron chi connectivity index (χ2n) is 7.31. The summed E-state index contributed by atoms with van der Waals surface area (Å²) in [6.07, 6.45) is 1.21. The summed E-state index contributed by atoms with van der Waals surface area (Å²) in [5.41, 5.74) is 6.48. The fraction of sp³-hybridized carbons (Fsp3) is 0.667. The molecular weight excluding hydrogens is 230 g/mol. The second-order valence-corrected chi connectivity index (χ2v) is 7.31. The van der Waals surface area contributed by atoms with Gasteiger partial charge in [0.1, 0.15) is 0 Å². The Balaban J connectivity index is 2.69. The third-order valence-electron chi connectivity index (χ3n) is 4.63. The van der Waals surface area contributed by atoms with E-state index < -0.39 is 0 Å². The standard InChI is InChI=1S/C18H29N/c1-11(2)13-8-14(12(3)4)17-15(9-13)16(19-7)10-18(17,5)6/h8-9,11-12,16,19H,10H2,1-7H3. The van der Waals surface area contributed by atoms with Crippen LogP contribution < -0.4 is 5.32 Å². The van der Waals surface area contributed by atoms with Crippen molar-refractivity contribution in [3.05, 3.63) is 34.4 Å². The zero-order valence-corrected chi connectivity index (χ0v) is 13.6. The minimum absolute atomic E-state index is 0.290. The van der Waals surface area contributed by atoms with E-state index in [2.05, 4.69) is 66.0 Å². The van der Waals surface area contributed by atoms with Crippen molar-refractivity contribution in [3.63, 3.8) is 0 Å². The van der Waals surface area contributed by atoms with Gasteiger partial charge in [-0.15, -0.1) is 0 Å². The summed E-state index contributed by atoms with van der Waals surface area (Å²) in [5.74, 6) is 1.20. The van der Waals surface area contributed by atoms with Crippen LogP contribution in [0.1, 0.15) is 88.1 Å². The van der Waals surface area contributed by atoms with E-state index in [4.69, 9.17) is 0 Å². The summed E-state index contributed by atoms with van der Waals surface area (Å²) < 4.78 is 0. The molecule has 0 saturated heterocycles. The van der Waals surface area contributed by atoms with Crippen LogP contribution in [0.15, 0.2) is 12.1 Å². The lowest BCUT2D eigenvalue weighted by Crippen LogP contribution is -2.18. The fourth-order valence-electron chi connectivity index (χ4n) is 3.54. The highest BCUT2D eigenvalue weighted by Crippen LogP contribution is 2.48. The number of benzene rings is 1. The first kappa shape index (κ1) is 14.6. The first-order valence-corrected chi connectivity index (χ1v) is 7.63. The van der Waals surface area contributed by atoms with Crippen molar-refractivity contribution in [2.45, 2.75) is 71.3 Å². The normalized spacial score (nSPS) is 21.2. The number of rotatable bonds is 3. The molecule has 1 heteroatoms. The van der Waals surface area contributed by atoms with Gasteiger partial charge in [0.15, 0.2) is 0 Å². The van der Waals surface area contributed by atoms with Crippen LogP contribution >= 0.6 is 0 Å². The Kier molecular flexibility index (Phi) is 3.79. The Morgan fingerprint density at radius 2 is 1.74 bits per heavy atom. The Morgan fingerprint density at radius 1 is 1.11 bits per heavy atom. The van der Waals surface area contributed by atoms with Gasteiger partial charge in [0, 0.05) is 6.04 Å². The van der Waals surface area contributed by atoms with Crippen molar-refractivity contribution in [1.82, 2.24) is 5.32 Å². The lowest BCUT2D eigenvalue weighted by Gasteiger charge is -2.25. The minimum Gasteiger partial charge on any atom is -0.313 e. The Labute approximate surface area is 118 Å². The molecule has 1 aliphatic carbocycles. The number of hydrogen-bond donors (Lipinski definition) is 1. The lowest BCUT2D eigenvalue weighted by molar-refractivity contribution is 0.444. The Morgan fingerprint density at radius 3 is 2.21 bits per heavy atom. The molecule has 2 rings (SSSR count). The Bertz CT molecular complexity index is 469. The van der Waals surface area contributed by atoms with Crippen LogP contribution in [0.4, 0.5) is 0 Å². The van der Waals surface area contributed by atoms with Crippen molar-refractivity contribution in [1.29, 1.82) is 0 Å². The average molecular weight is 259 g/mol. The van der Waals surface area contributed by atoms with E-state index >= 15 is 0 Å². The summed E-state index contributed by atoms with van der Waals surface area (Å²) in [6, 6.07) is 5.41. The van der Waals surface area contributed by atoms with Gasteiger partial charge in [-0.2, -0.15) is 0 Å². The van der Waals surface area contributed by atoms with Crippen molar-refractivity contribution < 1.29 is 0 Å². The van der Waals surface area contributed by atoms with Gasteiger partial charge >= 0.3 is 0 Å². The van der Waals surface area contributed by atoms with Crippen LogP contribution in [-0.4, -0.2) is 7.05 Å². The fourth-order valence-corrected chi connectivity index (χ4v) is 3.54. The zero-order valence-electron chi connectivity index (χ0n) is 13.6. The van der Waals surface area contributed by atoms with Gasteiger partial charge in [-0.25, -0.2) is 0 Å². The maximum Gasteiger partial charge on any atom is 0.0328 e. The molecular formula is C18H29N. The molecule has 1 unspecified atom stereocenters. The van der Waals surface area contributed by atoms with Crippen molar-refractivity contribution in [2.24, 2.45) is 0 Å². The smallest absolute Gasteiger partial charge is 0.0328 e. The monoisotopic (exact) mass is 259 g/mol. The summed E-state index contributed by atoms with van der Waals surface area (Å²) in [6.45, 7) is 14.0. The molecule has 0 fully saturated rings. The van der Waals surface area contributed by atoms with Crippen LogP contribution in [0.5, 0.6) is 0 Å². The van der Waals surface area contributed by atoms with Gasteiger partial charge in [-0.1, -0.05) is 53.7 Å². The highest BCUT2D eigenvalue weighted by Gasteiger charge is 2.38. The van der Waals surface area contributed by atoms with Crippen LogP contribution in [0, 0.1) is 0 Å². The topological polar surface area (TPSA) is 12.0 Å². The van der Waals surface area contributed by atoms with Gasteiger partial charge in [0.2, 0.25) is 0 Å². The molecule has 1 nitrogen and oxygen atoms in total. The first-order valence-electron chi connectivity index (χ1n) is 7.63. The molecule has 0 amide bonds. The molecule has 106 valence electrons. The van der Waals surface area contributed by atoms with Crippen LogP contribution in [0.3, 0.4) is 0 Å². The minimum atomic E-state index is 0.290. The molecule has 1 N–H and O–H groups in total. The molecule has 1 aromatic carbocycles. The summed E-state index contributed by atoms with van der Waals surface area (Å²) in [7, 11) is 2.09. The molecule has 0 aliphatic heterocycles. The zero-order chi connectivity index (χ0) is 14.4. The average Bonchev–Trinajstić information content (AvgIpc) is 2.59. The van der Waals surface area contributed by atoms with Crippen molar-refractivity contribution in [3.8, 4) is 0 Å². The molecule has 1 aromatic rings. The van der Waals surface area contributed by atoms with E-state index in [0.29, 0.717) is 17.9 Å². The Hall–Kier alpha value is -0.820. The summed E-state index contributed by atoms with van der Waals surface area (Å²) >= 11 is 0. The molecule has 0 aromatic heterocycles. The van der Waals surface area contributed by atoms with E-state index in [9.17, 15) is 0 Å². The predicted octanol–water partition coefficient (Wildman–Crippen LogP) is 4.88. The van der Waals surface area contributed by atoms with E-state index in [1.165, 1.54) is 12.0 Å². The molecule has 0 heterocycles. The largest absolute Gasteiger partial charge is 0.313 e. The predicted molar refractivity (Wildman–Crippen MR) is 84.1 cm³/mol.